The van der Waals surface area contributed by atoms with Gasteiger partial charge in [-0.15, -0.1) is 0 Å². The van der Waals surface area contributed by atoms with Crippen molar-refractivity contribution in [2.24, 2.45) is 0 Å². The van der Waals surface area contributed by atoms with Crippen molar-refractivity contribution in [1.29, 1.82) is 0 Å². The van der Waals surface area contributed by atoms with E-state index >= 15 is 0 Å². The van der Waals surface area contributed by atoms with E-state index in [2.05, 4.69) is 27.1 Å². The number of nitrogens with zero attached hydrogens (tertiary/aromatic N) is 4. The summed E-state index contributed by atoms with van der Waals surface area (Å²) in [7, 11) is 0. The summed E-state index contributed by atoms with van der Waals surface area (Å²) < 4.78 is 1.60. The zero-order valence-corrected chi connectivity index (χ0v) is 12.0. The molecule has 0 amide bonds. The fourth-order valence-corrected chi connectivity index (χ4v) is 3.11. The molecule has 0 aliphatic carbocycles. The van der Waals surface area contributed by atoms with Gasteiger partial charge in [0.05, 0.1) is 5.56 Å². The minimum absolute atomic E-state index is 0.259. The molecule has 0 spiro atoms. The van der Waals surface area contributed by atoms with Gasteiger partial charge in [-0.25, -0.2) is 14.3 Å². The Morgan fingerprint density at radius 2 is 2.14 bits per heavy atom. The topological polar surface area (TPSA) is 70.7 Å². The van der Waals surface area contributed by atoms with E-state index in [1.165, 1.54) is 11.9 Å². The molecule has 0 saturated heterocycles. The SMILES string of the molecule is Cc1c(C(=O)O)cn2ncnc(N3CCc4ccccc43)c12. The molecular formula is C16H14N4O2. The van der Waals surface area contributed by atoms with Gasteiger partial charge in [0.15, 0.2) is 5.82 Å². The van der Waals surface area contributed by atoms with E-state index in [4.69, 9.17) is 0 Å². The highest BCUT2D eigenvalue weighted by Gasteiger charge is 2.25. The van der Waals surface area contributed by atoms with Gasteiger partial charge in [-0.05, 0) is 30.5 Å². The van der Waals surface area contributed by atoms with Crippen molar-refractivity contribution >= 4 is 23.0 Å². The highest BCUT2D eigenvalue weighted by Crippen LogP contribution is 2.36. The molecule has 1 N–H and O–H groups in total. The minimum Gasteiger partial charge on any atom is -0.478 e. The van der Waals surface area contributed by atoms with E-state index in [1.54, 1.807) is 17.6 Å². The van der Waals surface area contributed by atoms with Gasteiger partial charge in [-0.3, -0.25) is 0 Å². The van der Waals surface area contributed by atoms with Crippen molar-refractivity contribution in [3.8, 4) is 0 Å². The third-order valence-corrected chi connectivity index (χ3v) is 4.18. The molecule has 0 radical (unpaired) electrons. The molecule has 1 aromatic carbocycles. The molecule has 2 aromatic heterocycles. The number of carboxylic acid groups (broad SMARTS) is 1. The van der Waals surface area contributed by atoms with Crippen LogP contribution in [-0.2, 0) is 6.42 Å². The lowest BCUT2D eigenvalue weighted by molar-refractivity contribution is 0.0696. The predicted octanol–water partition coefficient (Wildman–Crippen LogP) is 2.43. The molecule has 6 nitrogen and oxygen atoms in total. The number of para-hydroxylation sites is 1. The van der Waals surface area contributed by atoms with Crippen LogP contribution in [0.3, 0.4) is 0 Å². The maximum absolute atomic E-state index is 11.3. The molecule has 0 saturated carbocycles. The van der Waals surface area contributed by atoms with E-state index < -0.39 is 5.97 Å². The average Bonchev–Trinajstić information content (AvgIpc) is 3.09. The lowest BCUT2D eigenvalue weighted by Gasteiger charge is -2.19. The first-order valence-corrected chi connectivity index (χ1v) is 7.08. The molecule has 22 heavy (non-hydrogen) atoms. The van der Waals surface area contributed by atoms with Gasteiger partial charge >= 0.3 is 5.97 Å². The third-order valence-electron chi connectivity index (χ3n) is 4.18. The maximum atomic E-state index is 11.3. The second-order valence-electron chi connectivity index (χ2n) is 5.38. The fraction of sp³-hybridized carbons (Fsp3) is 0.188. The van der Waals surface area contributed by atoms with E-state index in [0.717, 1.165) is 30.0 Å². The number of carboxylic acids is 1. The number of hydrogen-bond acceptors (Lipinski definition) is 4. The molecule has 110 valence electrons. The highest BCUT2D eigenvalue weighted by atomic mass is 16.4. The summed E-state index contributed by atoms with van der Waals surface area (Å²) >= 11 is 0. The molecule has 1 aliphatic heterocycles. The van der Waals surface area contributed by atoms with Crippen molar-refractivity contribution < 1.29 is 9.90 Å². The number of anilines is 2. The van der Waals surface area contributed by atoms with E-state index in [9.17, 15) is 9.90 Å². The molecular weight excluding hydrogens is 280 g/mol. The molecule has 6 heteroatoms. The van der Waals surface area contributed by atoms with Crippen LogP contribution >= 0.6 is 0 Å². The standard InChI is InChI=1S/C16H14N4O2/c1-10-12(16(21)22)8-20-14(10)15(17-9-18-20)19-7-6-11-4-2-3-5-13(11)19/h2-5,8-9H,6-7H2,1H3,(H,21,22). The Kier molecular flexibility index (Phi) is 2.66. The van der Waals surface area contributed by atoms with Crippen molar-refractivity contribution in [2.75, 3.05) is 11.4 Å². The monoisotopic (exact) mass is 294 g/mol. The van der Waals surface area contributed by atoms with Crippen molar-refractivity contribution in [3.05, 3.63) is 53.5 Å². The lowest BCUT2D eigenvalue weighted by atomic mass is 10.2. The summed E-state index contributed by atoms with van der Waals surface area (Å²) in [5.41, 5.74) is 4.10. The van der Waals surface area contributed by atoms with Crippen LogP contribution in [0.1, 0.15) is 21.5 Å². The molecule has 0 unspecified atom stereocenters. The van der Waals surface area contributed by atoms with Gasteiger partial charge in [0.1, 0.15) is 11.8 Å². The number of aromatic carboxylic acids is 1. The molecule has 1 aliphatic rings. The minimum atomic E-state index is -0.948. The zero-order chi connectivity index (χ0) is 15.3. The van der Waals surface area contributed by atoms with E-state index in [-0.39, 0.29) is 5.56 Å². The van der Waals surface area contributed by atoms with Gasteiger partial charge < -0.3 is 10.0 Å². The third kappa shape index (κ3) is 1.70. The zero-order valence-electron chi connectivity index (χ0n) is 12.0. The Morgan fingerprint density at radius 3 is 2.95 bits per heavy atom. The molecule has 0 bridgehead atoms. The van der Waals surface area contributed by atoms with Crippen LogP contribution < -0.4 is 4.90 Å². The smallest absolute Gasteiger partial charge is 0.337 e. The van der Waals surface area contributed by atoms with Crippen molar-refractivity contribution in [1.82, 2.24) is 14.6 Å². The highest BCUT2D eigenvalue weighted by molar-refractivity contribution is 5.94. The van der Waals surface area contributed by atoms with Crippen LogP contribution in [0, 0.1) is 6.92 Å². The van der Waals surface area contributed by atoms with Crippen LogP contribution in [0.2, 0.25) is 0 Å². The summed E-state index contributed by atoms with van der Waals surface area (Å²) in [5, 5.41) is 13.5. The van der Waals surface area contributed by atoms with Crippen LogP contribution in [0.4, 0.5) is 11.5 Å². The summed E-state index contributed by atoms with van der Waals surface area (Å²) in [6, 6.07) is 8.21. The molecule has 3 aromatic rings. The normalized spacial score (nSPS) is 13.6. The van der Waals surface area contributed by atoms with Crippen LogP contribution in [0.15, 0.2) is 36.8 Å². The van der Waals surface area contributed by atoms with Gasteiger partial charge in [-0.1, -0.05) is 18.2 Å². The fourth-order valence-electron chi connectivity index (χ4n) is 3.11. The number of carbonyl (C=O) groups is 1. The van der Waals surface area contributed by atoms with Crippen molar-refractivity contribution in [3.63, 3.8) is 0 Å². The van der Waals surface area contributed by atoms with Crippen LogP contribution in [0.5, 0.6) is 0 Å². The van der Waals surface area contributed by atoms with Crippen LogP contribution in [-0.4, -0.2) is 32.2 Å². The maximum Gasteiger partial charge on any atom is 0.337 e. The van der Waals surface area contributed by atoms with Gasteiger partial charge in [-0.2, -0.15) is 5.10 Å². The number of aryl methyl sites for hydroxylation is 1. The molecule has 0 atom stereocenters. The summed E-state index contributed by atoms with van der Waals surface area (Å²) in [6.07, 6.45) is 3.96. The number of fused-ring (bicyclic) bond motifs is 2. The Morgan fingerprint density at radius 1 is 1.32 bits per heavy atom. The van der Waals surface area contributed by atoms with Gasteiger partial charge in [0, 0.05) is 18.4 Å². The van der Waals surface area contributed by atoms with E-state index in [1.807, 2.05) is 12.1 Å². The molecule has 0 fully saturated rings. The number of benzene rings is 1. The van der Waals surface area contributed by atoms with Crippen LogP contribution in [0.25, 0.3) is 5.52 Å². The number of hydrogen-bond donors (Lipinski definition) is 1. The van der Waals surface area contributed by atoms with Gasteiger partial charge in [0.25, 0.3) is 0 Å². The first-order chi connectivity index (χ1) is 10.7. The first-order valence-electron chi connectivity index (χ1n) is 7.08. The Bertz CT molecular complexity index is 900. The quantitative estimate of drug-likeness (QED) is 0.786. The first kappa shape index (κ1) is 12.8. The largest absolute Gasteiger partial charge is 0.478 e. The molecule has 4 rings (SSSR count). The Labute approximate surface area is 126 Å². The van der Waals surface area contributed by atoms with Crippen molar-refractivity contribution in [2.45, 2.75) is 13.3 Å². The number of aromatic nitrogens is 3. The predicted molar refractivity (Wildman–Crippen MR) is 81.8 cm³/mol. The Hall–Kier alpha value is -2.89. The lowest BCUT2D eigenvalue weighted by Crippen LogP contribution is -2.16. The molecule has 3 heterocycles. The summed E-state index contributed by atoms with van der Waals surface area (Å²) in [5.74, 6) is -0.194. The Balaban J connectivity index is 1.95. The van der Waals surface area contributed by atoms with E-state index in [0.29, 0.717) is 5.56 Å². The number of rotatable bonds is 2. The second kappa shape index (κ2) is 4.56. The average molecular weight is 294 g/mol. The van der Waals surface area contributed by atoms with Gasteiger partial charge in [0.2, 0.25) is 0 Å². The summed E-state index contributed by atoms with van der Waals surface area (Å²) in [6.45, 7) is 2.63. The summed E-state index contributed by atoms with van der Waals surface area (Å²) in [4.78, 5) is 17.9. The second-order valence-corrected chi connectivity index (χ2v) is 5.38.